The van der Waals surface area contributed by atoms with Gasteiger partial charge in [0, 0.05) is 24.0 Å². The highest BCUT2D eigenvalue weighted by Crippen LogP contribution is 2.19. The number of carbonyl (C=O) groups is 1. The predicted molar refractivity (Wildman–Crippen MR) is 104 cm³/mol. The van der Waals surface area contributed by atoms with Gasteiger partial charge in [-0.2, -0.15) is 0 Å². The van der Waals surface area contributed by atoms with Gasteiger partial charge in [-0.05, 0) is 30.2 Å². The van der Waals surface area contributed by atoms with E-state index in [0.29, 0.717) is 25.5 Å². The van der Waals surface area contributed by atoms with Gasteiger partial charge >= 0.3 is 6.09 Å². The van der Waals surface area contributed by atoms with Gasteiger partial charge in [0.2, 0.25) is 0 Å². The summed E-state index contributed by atoms with van der Waals surface area (Å²) in [5.41, 5.74) is 3.11. The molecule has 0 aliphatic carbocycles. The third-order valence-corrected chi connectivity index (χ3v) is 4.43. The maximum absolute atomic E-state index is 11.5. The first-order chi connectivity index (χ1) is 13.3. The van der Waals surface area contributed by atoms with Crippen molar-refractivity contribution in [3.63, 3.8) is 0 Å². The van der Waals surface area contributed by atoms with E-state index < -0.39 is 0 Å². The molecule has 0 spiro atoms. The van der Waals surface area contributed by atoms with E-state index in [0.717, 1.165) is 23.5 Å². The fourth-order valence-corrected chi connectivity index (χ4v) is 2.95. The van der Waals surface area contributed by atoms with Gasteiger partial charge in [-0.15, -0.1) is 0 Å². The number of ether oxygens (including phenoxy) is 1. The molecule has 1 aliphatic heterocycles. The van der Waals surface area contributed by atoms with Crippen molar-refractivity contribution in [2.45, 2.75) is 6.42 Å². The average molecular weight is 360 g/mol. The Labute approximate surface area is 157 Å². The number of hydrogen-bond donors (Lipinski definition) is 1. The summed E-state index contributed by atoms with van der Waals surface area (Å²) in [6, 6.07) is 19.9. The van der Waals surface area contributed by atoms with Crippen LogP contribution in [0.4, 0.5) is 16.3 Å². The Balaban J connectivity index is 1.39. The molecule has 0 bridgehead atoms. The largest absolute Gasteiger partial charge is 0.448 e. The second-order valence-electron chi connectivity index (χ2n) is 6.30. The summed E-state index contributed by atoms with van der Waals surface area (Å²) in [4.78, 5) is 22.1. The molecule has 1 saturated heterocycles. The van der Waals surface area contributed by atoms with Crippen LogP contribution < -0.4 is 5.32 Å². The van der Waals surface area contributed by atoms with Crippen LogP contribution in [0.15, 0.2) is 66.9 Å². The Kier molecular flexibility index (Phi) is 4.96. The lowest BCUT2D eigenvalue weighted by atomic mass is 10.1. The Morgan fingerprint density at radius 1 is 1.04 bits per heavy atom. The molecule has 2 heterocycles. The Hall–Kier alpha value is -3.41. The van der Waals surface area contributed by atoms with Gasteiger partial charge in [0.1, 0.15) is 12.4 Å². The predicted octanol–water partition coefficient (Wildman–Crippen LogP) is 3.88. The average Bonchev–Trinajstić information content (AvgIpc) is 3.13. The molecule has 1 fully saturated rings. The zero-order valence-corrected chi connectivity index (χ0v) is 14.8. The highest BCUT2D eigenvalue weighted by Gasteiger charge is 2.20. The maximum Gasteiger partial charge on any atom is 0.409 e. The molecule has 1 aliphatic rings. The number of aromatic nitrogens is 2. The standard InChI is InChI=1S/C21H20N4O2/c26-21-25(14-15-27-21)13-11-16-6-8-18(9-7-16)23-19-10-12-22-20(24-19)17-4-2-1-3-5-17/h1-10,12H,11,13-15H2,(H,22,23,24). The molecule has 0 atom stereocenters. The molecule has 0 radical (unpaired) electrons. The number of carbonyl (C=O) groups excluding carboxylic acids is 1. The van der Waals surface area contributed by atoms with E-state index in [-0.39, 0.29) is 6.09 Å². The molecule has 2 aromatic carbocycles. The lowest BCUT2D eigenvalue weighted by molar-refractivity contribution is 0.159. The molecular weight excluding hydrogens is 340 g/mol. The Morgan fingerprint density at radius 3 is 2.59 bits per heavy atom. The quantitative estimate of drug-likeness (QED) is 0.722. The fraction of sp³-hybridized carbons (Fsp3) is 0.190. The summed E-state index contributed by atoms with van der Waals surface area (Å²) in [5, 5.41) is 3.31. The first-order valence-corrected chi connectivity index (χ1v) is 8.94. The molecule has 0 saturated carbocycles. The van der Waals surface area contributed by atoms with E-state index in [1.54, 1.807) is 11.1 Å². The van der Waals surface area contributed by atoms with Gasteiger partial charge in [0.15, 0.2) is 5.82 Å². The summed E-state index contributed by atoms with van der Waals surface area (Å²) in [6.45, 7) is 1.85. The van der Waals surface area contributed by atoms with Crippen molar-refractivity contribution in [3.8, 4) is 11.4 Å². The molecule has 136 valence electrons. The number of rotatable bonds is 6. The lowest BCUT2D eigenvalue weighted by Crippen LogP contribution is -2.26. The summed E-state index contributed by atoms with van der Waals surface area (Å²) >= 11 is 0. The molecule has 6 heteroatoms. The zero-order chi connectivity index (χ0) is 18.5. The second-order valence-corrected chi connectivity index (χ2v) is 6.30. The monoisotopic (exact) mass is 360 g/mol. The molecule has 0 unspecified atom stereocenters. The van der Waals surface area contributed by atoms with Crippen LogP contribution in [0.25, 0.3) is 11.4 Å². The van der Waals surface area contributed by atoms with Crippen molar-refractivity contribution in [1.82, 2.24) is 14.9 Å². The van der Waals surface area contributed by atoms with Crippen LogP contribution in [0.1, 0.15) is 5.56 Å². The number of anilines is 2. The number of benzene rings is 2. The minimum Gasteiger partial charge on any atom is -0.448 e. The van der Waals surface area contributed by atoms with Crippen LogP contribution >= 0.6 is 0 Å². The number of cyclic esters (lactones) is 1. The van der Waals surface area contributed by atoms with Crippen LogP contribution in [0.3, 0.4) is 0 Å². The van der Waals surface area contributed by atoms with Gasteiger partial charge in [-0.25, -0.2) is 14.8 Å². The van der Waals surface area contributed by atoms with E-state index in [4.69, 9.17) is 4.74 Å². The molecule has 4 rings (SSSR count). The minimum absolute atomic E-state index is 0.216. The topological polar surface area (TPSA) is 67.3 Å². The van der Waals surface area contributed by atoms with Gasteiger partial charge in [-0.1, -0.05) is 42.5 Å². The minimum atomic E-state index is -0.216. The van der Waals surface area contributed by atoms with Crippen LogP contribution in [0.2, 0.25) is 0 Å². The summed E-state index contributed by atoms with van der Waals surface area (Å²) in [6.07, 6.45) is 2.34. The molecule has 6 nitrogen and oxygen atoms in total. The van der Waals surface area contributed by atoms with Crippen LogP contribution in [0, 0.1) is 0 Å². The fourth-order valence-electron chi connectivity index (χ4n) is 2.95. The van der Waals surface area contributed by atoms with Crippen molar-refractivity contribution in [1.29, 1.82) is 0 Å². The zero-order valence-electron chi connectivity index (χ0n) is 14.8. The molecular formula is C21H20N4O2. The first-order valence-electron chi connectivity index (χ1n) is 8.94. The van der Waals surface area contributed by atoms with Crippen molar-refractivity contribution >= 4 is 17.6 Å². The van der Waals surface area contributed by atoms with Crippen LogP contribution in [0.5, 0.6) is 0 Å². The highest BCUT2D eigenvalue weighted by molar-refractivity contribution is 5.69. The van der Waals surface area contributed by atoms with Gasteiger partial charge in [0.25, 0.3) is 0 Å². The highest BCUT2D eigenvalue weighted by atomic mass is 16.6. The normalized spacial score (nSPS) is 13.5. The Morgan fingerprint density at radius 2 is 1.85 bits per heavy atom. The lowest BCUT2D eigenvalue weighted by Gasteiger charge is -2.12. The van der Waals surface area contributed by atoms with E-state index in [9.17, 15) is 4.79 Å². The Bertz CT molecular complexity index is 913. The molecule has 27 heavy (non-hydrogen) atoms. The van der Waals surface area contributed by atoms with Crippen LogP contribution in [-0.2, 0) is 11.2 Å². The maximum atomic E-state index is 11.5. The van der Waals surface area contributed by atoms with Crippen LogP contribution in [-0.4, -0.2) is 40.7 Å². The van der Waals surface area contributed by atoms with E-state index in [1.165, 1.54) is 5.56 Å². The number of nitrogens with one attached hydrogen (secondary N) is 1. The summed E-state index contributed by atoms with van der Waals surface area (Å²) < 4.78 is 4.95. The summed E-state index contributed by atoms with van der Waals surface area (Å²) in [7, 11) is 0. The van der Waals surface area contributed by atoms with Gasteiger partial charge in [0.05, 0.1) is 6.54 Å². The van der Waals surface area contributed by atoms with E-state index >= 15 is 0 Å². The SMILES string of the molecule is O=C1OCCN1CCc1ccc(Nc2ccnc(-c3ccccc3)n2)cc1. The van der Waals surface area contributed by atoms with Crippen molar-refractivity contribution in [3.05, 3.63) is 72.4 Å². The molecule has 1 aromatic heterocycles. The first kappa shape index (κ1) is 17.0. The smallest absolute Gasteiger partial charge is 0.409 e. The molecule has 1 N–H and O–H groups in total. The van der Waals surface area contributed by atoms with Gasteiger partial charge < -0.3 is 15.0 Å². The van der Waals surface area contributed by atoms with Gasteiger partial charge in [-0.3, -0.25) is 0 Å². The van der Waals surface area contributed by atoms with Crippen molar-refractivity contribution < 1.29 is 9.53 Å². The number of nitrogens with zero attached hydrogens (tertiary/aromatic N) is 3. The number of amides is 1. The summed E-state index contributed by atoms with van der Waals surface area (Å²) in [5.74, 6) is 1.44. The third-order valence-electron chi connectivity index (χ3n) is 4.43. The molecule has 3 aromatic rings. The van der Waals surface area contributed by atoms with E-state index in [2.05, 4.69) is 27.4 Å². The third kappa shape index (κ3) is 4.23. The van der Waals surface area contributed by atoms with Crippen molar-refractivity contribution in [2.24, 2.45) is 0 Å². The second kappa shape index (κ2) is 7.86. The number of hydrogen-bond acceptors (Lipinski definition) is 5. The molecule has 1 amide bonds. The van der Waals surface area contributed by atoms with E-state index in [1.807, 2.05) is 48.5 Å². The van der Waals surface area contributed by atoms with Crippen molar-refractivity contribution in [2.75, 3.05) is 25.0 Å².